The van der Waals surface area contributed by atoms with Crippen molar-refractivity contribution in [1.29, 1.82) is 0 Å². The van der Waals surface area contributed by atoms with Crippen molar-refractivity contribution >= 4 is 29.4 Å². The molecule has 0 amide bonds. The third-order valence-electron chi connectivity index (χ3n) is 1.85. The third kappa shape index (κ3) is 2.22. The van der Waals surface area contributed by atoms with E-state index in [1.807, 2.05) is 0 Å². The van der Waals surface area contributed by atoms with Crippen molar-refractivity contribution in [3.63, 3.8) is 0 Å². The number of nitro benzene ring substituents is 1. The second-order valence-electron chi connectivity index (χ2n) is 2.83. The van der Waals surface area contributed by atoms with Crippen LogP contribution in [0.1, 0.15) is 20.7 Å². The van der Waals surface area contributed by atoms with Crippen LogP contribution in [0.5, 0.6) is 0 Å². The average molecular weight is 246 g/mol. The van der Waals surface area contributed by atoms with Crippen LogP contribution in [0.3, 0.4) is 0 Å². The Balaban J connectivity index is 3.47. The molecule has 0 fully saturated rings. The van der Waals surface area contributed by atoms with Gasteiger partial charge in [0.25, 0.3) is 5.69 Å². The molecule has 0 bridgehead atoms. The highest BCUT2D eigenvalue weighted by Gasteiger charge is 2.20. The van der Waals surface area contributed by atoms with Crippen LogP contribution >= 0.6 is 11.6 Å². The van der Waals surface area contributed by atoms with Crippen molar-refractivity contribution in [2.24, 2.45) is 0 Å². The Morgan fingerprint density at radius 1 is 1.56 bits per heavy atom. The molecule has 0 aliphatic heterocycles. The number of Topliss-reactive ketones (excluding diaryl/α,β-unsaturated/α-hetero) is 1. The highest BCUT2D eigenvalue weighted by molar-refractivity contribution is 6.30. The number of non-ortho nitro benzene ring substituents is 1. The molecule has 1 aromatic carbocycles. The van der Waals surface area contributed by atoms with E-state index in [1.54, 1.807) is 0 Å². The van der Waals surface area contributed by atoms with Crippen molar-refractivity contribution in [1.82, 2.24) is 0 Å². The number of aldehydes is 1. The van der Waals surface area contributed by atoms with Crippen molar-refractivity contribution in [3.8, 4) is 0 Å². The maximum Gasteiger partial charge on any atom is 0.271 e. The van der Waals surface area contributed by atoms with Crippen LogP contribution in [-0.4, -0.2) is 22.9 Å². The molecule has 0 aliphatic rings. The van der Waals surface area contributed by atoms with Crippen LogP contribution in [0.25, 0.3) is 0 Å². The third-order valence-corrected chi connectivity index (χ3v) is 2.09. The molecule has 0 spiro atoms. The smallest absolute Gasteiger partial charge is 0.271 e. The van der Waals surface area contributed by atoms with E-state index in [-0.39, 0.29) is 6.29 Å². The molecule has 0 atom stereocenters. The first kappa shape index (κ1) is 12.3. The molecule has 0 aromatic heterocycles. The summed E-state index contributed by atoms with van der Waals surface area (Å²) >= 11 is 5.21. The minimum atomic E-state index is -1.09. The first-order valence-corrected chi connectivity index (χ1v) is 4.57. The zero-order valence-electron chi connectivity index (χ0n) is 7.78. The van der Waals surface area contributed by atoms with E-state index in [2.05, 4.69) is 0 Å². The molecule has 0 heterocycles. The summed E-state index contributed by atoms with van der Waals surface area (Å²) in [7, 11) is 0. The zero-order valence-corrected chi connectivity index (χ0v) is 8.53. The molecule has 0 unspecified atom stereocenters. The number of alkyl halides is 1. The fourth-order valence-corrected chi connectivity index (χ4v) is 1.24. The molecule has 0 saturated carbocycles. The van der Waals surface area contributed by atoms with Gasteiger partial charge in [-0.3, -0.25) is 19.7 Å². The van der Waals surface area contributed by atoms with Crippen LogP contribution < -0.4 is 0 Å². The minimum Gasteiger partial charge on any atom is -0.298 e. The van der Waals surface area contributed by atoms with Gasteiger partial charge in [-0.05, 0) is 0 Å². The SMILES string of the molecule is O=Cc1cc([N+](=O)[O-])cc(C(=O)CCl)c1F. The second-order valence-corrected chi connectivity index (χ2v) is 3.10. The lowest BCUT2D eigenvalue weighted by Crippen LogP contribution is -2.07. The van der Waals surface area contributed by atoms with Crippen LogP contribution in [0.15, 0.2) is 12.1 Å². The van der Waals surface area contributed by atoms with Gasteiger partial charge in [-0.25, -0.2) is 4.39 Å². The van der Waals surface area contributed by atoms with Crippen LogP contribution in [-0.2, 0) is 0 Å². The highest BCUT2D eigenvalue weighted by Crippen LogP contribution is 2.21. The summed E-state index contributed by atoms with van der Waals surface area (Å²) in [6.07, 6.45) is 0.105. The first-order chi connectivity index (χ1) is 7.51. The van der Waals surface area contributed by atoms with E-state index in [0.717, 1.165) is 12.1 Å². The molecule has 1 rings (SSSR count). The molecule has 0 N–H and O–H groups in total. The highest BCUT2D eigenvalue weighted by atomic mass is 35.5. The van der Waals surface area contributed by atoms with Crippen LogP contribution in [0.4, 0.5) is 10.1 Å². The Labute approximate surface area is 94.0 Å². The normalized spacial score (nSPS) is 9.88. The zero-order chi connectivity index (χ0) is 12.3. The lowest BCUT2D eigenvalue weighted by molar-refractivity contribution is -0.384. The van der Waals surface area contributed by atoms with Gasteiger partial charge in [-0.1, -0.05) is 0 Å². The molecule has 7 heteroatoms. The number of rotatable bonds is 4. The quantitative estimate of drug-likeness (QED) is 0.267. The summed E-state index contributed by atoms with van der Waals surface area (Å²) in [5.41, 5.74) is -1.62. The minimum absolute atomic E-state index is 0.105. The number of ketones is 1. The molecular formula is C9H5ClFNO4. The van der Waals surface area contributed by atoms with Crippen molar-refractivity contribution in [2.45, 2.75) is 0 Å². The van der Waals surface area contributed by atoms with E-state index < -0.39 is 39.2 Å². The predicted octanol–water partition coefficient (Wildman–Crippen LogP) is 1.97. The Hall–Kier alpha value is -1.82. The van der Waals surface area contributed by atoms with Gasteiger partial charge in [-0.15, -0.1) is 11.6 Å². The van der Waals surface area contributed by atoms with Gasteiger partial charge < -0.3 is 0 Å². The van der Waals surface area contributed by atoms with Crippen molar-refractivity contribution in [2.75, 3.05) is 5.88 Å². The summed E-state index contributed by atoms with van der Waals surface area (Å²) in [5.74, 6) is -2.42. The molecule has 1 aromatic rings. The summed E-state index contributed by atoms with van der Waals surface area (Å²) in [6.45, 7) is 0. The monoisotopic (exact) mass is 245 g/mol. The maximum atomic E-state index is 13.4. The lowest BCUT2D eigenvalue weighted by Gasteiger charge is -2.02. The number of nitrogens with zero attached hydrogens (tertiary/aromatic N) is 1. The number of hydrogen-bond donors (Lipinski definition) is 0. The van der Waals surface area contributed by atoms with Gasteiger partial charge >= 0.3 is 0 Å². The van der Waals surface area contributed by atoms with Gasteiger partial charge in [0.15, 0.2) is 12.1 Å². The van der Waals surface area contributed by atoms with Gasteiger partial charge in [0.2, 0.25) is 0 Å². The first-order valence-electron chi connectivity index (χ1n) is 4.03. The Kier molecular flexibility index (Phi) is 3.68. The van der Waals surface area contributed by atoms with E-state index in [4.69, 9.17) is 11.6 Å². The molecule has 0 aliphatic carbocycles. The van der Waals surface area contributed by atoms with Crippen LogP contribution in [0.2, 0.25) is 0 Å². The lowest BCUT2D eigenvalue weighted by atomic mass is 10.1. The Bertz CT molecular complexity index is 475. The fraction of sp³-hybridized carbons (Fsp3) is 0.111. The number of carbonyl (C=O) groups excluding carboxylic acids is 2. The van der Waals surface area contributed by atoms with E-state index in [9.17, 15) is 24.1 Å². The van der Waals surface area contributed by atoms with E-state index >= 15 is 0 Å². The summed E-state index contributed by atoms with van der Waals surface area (Å²) in [5, 5.41) is 10.5. The topological polar surface area (TPSA) is 77.3 Å². The maximum absolute atomic E-state index is 13.4. The van der Waals surface area contributed by atoms with Crippen molar-refractivity contribution < 1.29 is 18.9 Å². The van der Waals surface area contributed by atoms with Gasteiger partial charge in [0.05, 0.1) is 21.9 Å². The summed E-state index contributed by atoms with van der Waals surface area (Å²) < 4.78 is 13.4. The molecule has 0 saturated heterocycles. The Morgan fingerprint density at radius 3 is 2.62 bits per heavy atom. The average Bonchev–Trinajstić information content (AvgIpc) is 2.28. The summed E-state index contributed by atoms with van der Waals surface area (Å²) in [6, 6.07) is 1.51. The molecule has 16 heavy (non-hydrogen) atoms. The predicted molar refractivity (Wildman–Crippen MR) is 53.5 cm³/mol. The number of carbonyl (C=O) groups is 2. The fourth-order valence-electron chi connectivity index (χ4n) is 1.10. The number of benzene rings is 1. The largest absolute Gasteiger partial charge is 0.298 e. The Morgan fingerprint density at radius 2 is 2.19 bits per heavy atom. The van der Waals surface area contributed by atoms with Gasteiger partial charge in [0, 0.05) is 12.1 Å². The molecule has 5 nitrogen and oxygen atoms in total. The molecular weight excluding hydrogens is 241 g/mol. The van der Waals surface area contributed by atoms with Gasteiger partial charge in [0.1, 0.15) is 5.82 Å². The van der Waals surface area contributed by atoms with Gasteiger partial charge in [-0.2, -0.15) is 0 Å². The number of hydrogen-bond acceptors (Lipinski definition) is 4. The van der Waals surface area contributed by atoms with Crippen LogP contribution in [0, 0.1) is 15.9 Å². The van der Waals surface area contributed by atoms with E-state index in [1.165, 1.54) is 0 Å². The number of nitro groups is 1. The standard InChI is InChI=1S/C9H5ClFNO4/c10-3-8(14)7-2-6(12(15)16)1-5(4-13)9(7)11/h1-2,4H,3H2. The van der Waals surface area contributed by atoms with E-state index in [0.29, 0.717) is 0 Å². The number of halogens is 2. The second kappa shape index (κ2) is 4.80. The van der Waals surface area contributed by atoms with Crippen molar-refractivity contribution in [3.05, 3.63) is 39.2 Å². The molecule has 84 valence electrons. The summed E-state index contributed by atoms with van der Waals surface area (Å²) in [4.78, 5) is 31.3. The molecule has 0 radical (unpaired) electrons.